The molecule has 1 aliphatic rings. The van der Waals surface area contributed by atoms with Crippen LogP contribution in [-0.2, 0) is 4.74 Å². The number of nitrogens with zero attached hydrogens (tertiary/aromatic N) is 3. The molecule has 2 atom stereocenters. The summed E-state index contributed by atoms with van der Waals surface area (Å²) in [6.07, 6.45) is 2.40. The van der Waals surface area contributed by atoms with Crippen LogP contribution in [0.25, 0.3) is 11.3 Å². The average molecular weight is 328 g/mol. The summed E-state index contributed by atoms with van der Waals surface area (Å²) in [6.45, 7) is 2.99. The van der Waals surface area contributed by atoms with Crippen LogP contribution in [0.5, 0.6) is 0 Å². The molecule has 3 N–H and O–H groups in total. The van der Waals surface area contributed by atoms with Gasteiger partial charge in [0.05, 0.1) is 43.4 Å². The molecule has 24 heavy (non-hydrogen) atoms. The third kappa shape index (κ3) is 3.22. The average Bonchev–Trinajstić information content (AvgIpc) is 3.02. The molecule has 0 radical (unpaired) electrons. The number of hydrogen-bond donors (Lipinski definition) is 2. The molecule has 7 heteroatoms. The lowest BCUT2D eigenvalue weighted by atomic mass is 10.1. The Morgan fingerprint density at radius 2 is 2.21 bits per heavy atom. The van der Waals surface area contributed by atoms with Gasteiger partial charge in [-0.2, -0.15) is 0 Å². The summed E-state index contributed by atoms with van der Waals surface area (Å²) < 4.78 is 5.27. The lowest BCUT2D eigenvalue weighted by molar-refractivity contribution is 0.0520. The number of aromatic nitrogens is 2. The fraction of sp³-hybridized carbons (Fsp3) is 0.353. The second kappa shape index (κ2) is 6.94. The molecular formula is C17H20N4O3. The van der Waals surface area contributed by atoms with Crippen LogP contribution in [0.15, 0.2) is 36.7 Å². The number of nitrogens with two attached hydrogens (primary N) is 1. The normalized spacial score (nSPS) is 20.1. The van der Waals surface area contributed by atoms with Gasteiger partial charge in [-0.3, -0.25) is 9.78 Å². The van der Waals surface area contributed by atoms with Crippen LogP contribution in [0.3, 0.4) is 0 Å². The maximum absolute atomic E-state index is 12.8. The number of aliphatic hydroxyl groups is 1. The van der Waals surface area contributed by atoms with E-state index in [1.807, 2.05) is 13.0 Å². The van der Waals surface area contributed by atoms with E-state index in [-0.39, 0.29) is 18.6 Å². The van der Waals surface area contributed by atoms with E-state index >= 15 is 0 Å². The van der Waals surface area contributed by atoms with E-state index in [4.69, 9.17) is 10.5 Å². The van der Waals surface area contributed by atoms with E-state index in [2.05, 4.69) is 9.97 Å². The number of anilines is 1. The van der Waals surface area contributed by atoms with Gasteiger partial charge in [0.25, 0.3) is 5.91 Å². The van der Waals surface area contributed by atoms with Gasteiger partial charge < -0.3 is 20.5 Å². The smallest absolute Gasteiger partial charge is 0.254 e. The lowest BCUT2D eigenvalue weighted by Gasteiger charge is -2.29. The zero-order valence-electron chi connectivity index (χ0n) is 13.4. The van der Waals surface area contributed by atoms with E-state index in [0.29, 0.717) is 30.2 Å². The van der Waals surface area contributed by atoms with Crippen LogP contribution in [0.4, 0.5) is 5.82 Å². The Morgan fingerprint density at radius 3 is 2.83 bits per heavy atom. The highest BCUT2D eigenvalue weighted by molar-refractivity contribution is 5.95. The molecule has 126 valence electrons. The molecular weight excluding hydrogens is 308 g/mol. The predicted octanol–water partition coefficient (Wildman–Crippen LogP) is 0.948. The number of amides is 1. The molecule has 1 fully saturated rings. The zero-order valence-corrected chi connectivity index (χ0v) is 13.4. The molecule has 1 aromatic carbocycles. The van der Waals surface area contributed by atoms with Crippen molar-refractivity contribution in [3.05, 3.63) is 42.2 Å². The molecule has 0 saturated carbocycles. The molecule has 7 nitrogen and oxygen atoms in total. The molecule has 0 spiro atoms. The monoisotopic (exact) mass is 328 g/mol. The Kier molecular flexibility index (Phi) is 4.73. The predicted molar refractivity (Wildman–Crippen MR) is 89.2 cm³/mol. The molecule has 2 heterocycles. The summed E-state index contributed by atoms with van der Waals surface area (Å²) in [5, 5.41) is 10.00. The molecule has 0 unspecified atom stereocenters. The lowest BCUT2D eigenvalue weighted by Crippen LogP contribution is -2.46. The number of carbonyl (C=O) groups excluding carboxylic acids is 1. The SMILES string of the molecule is CCN(C(=O)c1cccc(-c2cnc(N)cn2)c1)[C@H]1COC[C@@H]1O. The van der Waals surface area contributed by atoms with Gasteiger partial charge >= 0.3 is 0 Å². The maximum Gasteiger partial charge on any atom is 0.254 e. The van der Waals surface area contributed by atoms with Crippen molar-refractivity contribution in [3.63, 3.8) is 0 Å². The molecule has 1 aromatic heterocycles. The minimum absolute atomic E-state index is 0.141. The molecule has 2 aromatic rings. The summed E-state index contributed by atoms with van der Waals surface area (Å²) in [6, 6.07) is 6.87. The standard InChI is InChI=1S/C17H20N4O3/c1-2-21(14-9-24-10-15(14)22)17(23)12-5-3-4-11(6-12)13-7-20-16(18)8-19-13/h3-8,14-15,22H,2,9-10H2,1H3,(H2,18,20)/t14-,15-/m0/s1. The van der Waals surface area contributed by atoms with Crippen LogP contribution in [0, 0.1) is 0 Å². The topological polar surface area (TPSA) is 102 Å². The van der Waals surface area contributed by atoms with E-state index < -0.39 is 6.10 Å². The maximum atomic E-state index is 12.8. The zero-order chi connectivity index (χ0) is 17.1. The van der Waals surface area contributed by atoms with Gasteiger partial charge in [-0.25, -0.2) is 4.98 Å². The minimum atomic E-state index is -0.653. The fourth-order valence-electron chi connectivity index (χ4n) is 2.82. The molecule has 1 aliphatic heterocycles. The summed E-state index contributed by atoms with van der Waals surface area (Å²) in [7, 11) is 0. The number of hydrogen-bond acceptors (Lipinski definition) is 6. The molecule has 3 rings (SSSR count). The van der Waals surface area contributed by atoms with E-state index in [1.54, 1.807) is 29.3 Å². The van der Waals surface area contributed by atoms with Crippen molar-refractivity contribution in [1.82, 2.24) is 14.9 Å². The van der Waals surface area contributed by atoms with Crippen molar-refractivity contribution in [2.24, 2.45) is 0 Å². The number of aliphatic hydroxyl groups excluding tert-OH is 1. The number of nitrogen functional groups attached to an aromatic ring is 1. The first-order valence-corrected chi connectivity index (χ1v) is 7.85. The summed E-state index contributed by atoms with van der Waals surface area (Å²) in [5.74, 6) is 0.204. The third-order valence-corrected chi connectivity index (χ3v) is 4.10. The van der Waals surface area contributed by atoms with Crippen LogP contribution < -0.4 is 5.73 Å². The quantitative estimate of drug-likeness (QED) is 0.866. The highest BCUT2D eigenvalue weighted by atomic mass is 16.5. The molecule has 0 aliphatic carbocycles. The van der Waals surface area contributed by atoms with Crippen molar-refractivity contribution in [2.45, 2.75) is 19.1 Å². The summed E-state index contributed by atoms with van der Waals surface area (Å²) >= 11 is 0. The van der Waals surface area contributed by atoms with Gasteiger partial charge in [-0.15, -0.1) is 0 Å². The second-order valence-corrected chi connectivity index (χ2v) is 5.67. The fourth-order valence-corrected chi connectivity index (χ4v) is 2.82. The van der Waals surface area contributed by atoms with Crippen molar-refractivity contribution in [1.29, 1.82) is 0 Å². The highest BCUT2D eigenvalue weighted by Gasteiger charge is 2.34. The van der Waals surface area contributed by atoms with Crippen molar-refractivity contribution in [2.75, 3.05) is 25.5 Å². The first-order chi connectivity index (χ1) is 11.6. The first-order valence-electron chi connectivity index (χ1n) is 7.85. The van der Waals surface area contributed by atoms with E-state index in [0.717, 1.165) is 5.56 Å². The van der Waals surface area contributed by atoms with Gasteiger partial charge in [0.2, 0.25) is 0 Å². The number of carbonyl (C=O) groups is 1. The number of benzene rings is 1. The Balaban J connectivity index is 1.87. The molecule has 0 bridgehead atoms. The number of rotatable bonds is 4. The van der Waals surface area contributed by atoms with Crippen LogP contribution in [0.1, 0.15) is 17.3 Å². The van der Waals surface area contributed by atoms with Gasteiger partial charge in [-0.1, -0.05) is 12.1 Å². The van der Waals surface area contributed by atoms with Crippen molar-refractivity contribution >= 4 is 11.7 Å². The highest BCUT2D eigenvalue weighted by Crippen LogP contribution is 2.21. The molecule has 1 saturated heterocycles. The van der Waals surface area contributed by atoms with Gasteiger partial charge in [-0.05, 0) is 19.1 Å². The van der Waals surface area contributed by atoms with Crippen LogP contribution >= 0.6 is 0 Å². The van der Waals surface area contributed by atoms with E-state index in [9.17, 15) is 9.90 Å². The van der Waals surface area contributed by atoms with Crippen molar-refractivity contribution < 1.29 is 14.6 Å². The van der Waals surface area contributed by atoms with Gasteiger partial charge in [0.1, 0.15) is 5.82 Å². The number of likely N-dealkylation sites (N-methyl/N-ethyl adjacent to an activating group) is 1. The largest absolute Gasteiger partial charge is 0.388 e. The summed E-state index contributed by atoms with van der Waals surface area (Å²) in [5.41, 5.74) is 7.52. The van der Waals surface area contributed by atoms with Crippen LogP contribution in [-0.4, -0.2) is 57.8 Å². The first kappa shape index (κ1) is 16.4. The van der Waals surface area contributed by atoms with Crippen LogP contribution in [0.2, 0.25) is 0 Å². The molecule has 1 amide bonds. The third-order valence-electron chi connectivity index (χ3n) is 4.10. The number of ether oxygens (including phenoxy) is 1. The van der Waals surface area contributed by atoms with E-state index in [1.165, 1.54) is 6.20 Å². The van der Waals surface area contributed by atoms with Gasteiger partial charge in [0.15, 0.2) is 0 Å². The summed E-state index contributed by atoms with van der Waals surface area (Å²) in [4.78, 5) is 22.7. The minimum Gasteiger partial charge on any atom is -0.388 e. The second-order valence-electron chi connectivity index (χ2n) is 5.67. The Labute approximate surface area is 140 Å². The Hall–Kier alpha value is -2.51. The van der Waals surface area contributed by atoms with Gasteiger partial charge in [0, 0.05) is 17.7 Å². The Bertz CT molecular complexity index is 720. The van der Waals surface area contributed by atoms with Crippen molar-refractivity contribution in [3.8, 4) is 11.3 Å². The Morgan fingerprint density at radius 1 is 1.38 bits per heavy atom.